The molecule has 5 rings (SSSR count). The van der Waals surface area contributed by atoms with Crippen LogP contribution in [0.5, 0.6) is 0 Å². The van der Waals surface area contributed by atoms with Crippen molar-refractivity contribution in [3.63, 3.8) is 0 Å². The van der Waals surface area contributed by atoms with Gasteiger partial charge in [0.1, 0.15) is 16.5 Å². The molecule has 8 nitrogen and oxygen atoms in total. The molecule has 0 unspecified atom stereocenters. The van der Waals surface area contributed by atoms with E-state index in [1.807, 2.05) is 0 Å². The van der Waals surface area contributed by atoms with E-state index >= 15 is 0 Å². The summed E-state index contributed by atoms with van der Waals surface area (Å²) >= 11 is 12.8. The van der Waals surface area contributed by atoms with E-state index in [1.54, 1.807) is 4.90 Å². The number of hydrogen-bond acceptors (Lipinski definition) is 6. The zero-order valence-corrected chi connectivity index (χ0v) is 21.0. The van der Waals surface area contributed by atoms with Gasteiger partial charge in [0.2, 0.25) is 10.1 Å². The number of nitrogens with one attached hydrogen (secondary N) is 1. The van der Waals surface area contributed by atoms with Crippen LogP contribution in [0, 0.1) is 5.82 Å². The molecule has 4 heterocycles. The highest BCUT2D eigenvalue weighted by molar-refractivity contribution is 7.15. The Kier molecular flexibility index (Phi) is 6.62. The third-order valence-electron chi connectivity index (χ3n) is 5.93. The van der Waals surface area contributed by atoms with Gasteiger partial charge in [0.15, 0.2) is 0 Å². The summed E-state index contributed by atoms with van der Waals surface area (Å²) in [5.41, 5.74) is 0.890. The lowest BCUT2D eigenvalue weighted by Gasteiger charge is -2.34. The van der Waals surface area contributed by atoms with Crippen LogP contribution in [0.1, 0.15) is 26.6 Å². The Morgan fingerprint density at radius 1 is 1.11 bits per heavy atom. The number of carbonyl (C=O) groups excluding carboxylic acids is 1. The molecule has 0 aliphatic carbocycles. The molecule has 0 saturated carbocycles. The smallest absolute Gasteiger partial charge is 0.343 e. The predicted molar refractivity (Wildman–Crippen MR) is 130 cm³/mol. The second kappa shape index (κ2) is 9.62. The van der Waals surface area contributed by atoms with Gasteiger partial charge in [-0.2, -0.15) is 13.2 Å². The average Bonchev–Trinajstić information content (AvgIpc) is 3.48. The molecule has 0 atom stereocenters. The zero-order chi connectivity index (χ0) is 26.5. The number of piperazine rings is 1. The monoisotopic (exact) mass is 574 g/mol. The molecule has 3 aromatic heterocycles. The molecule has 194 valence electrons. The first kappa shape index (κ1) is 25.5. The molecule has 4 aromatic rings. The molecule has 37 heavy (non-hydrogen) atoms. The number of aromatic nitrogens is 4. The minimum atomic E-state index is -4.57. The summed E-state index contributed by atoms with van der Waals surface area (Å²) in [4.78, 5) is 30.9. The molecular weight excluding hydrogens is 559 g/mol. The molecule has 15 heteroatoms. The first-order valence-corrected chi connectivity index (χ1v) is 12.4. The normalized spacial score (nSPS) is 14.5. The minimum absolute atomic E-state index is 0.114. The fraction of sp³-hybridized carbons (Fsp3) is 0.273. The maximum atomic E-state index is 14.7. The van der Waals surface area contributed by atoms with Crippen LogP contribution < -0.4 is 10.5 Å². The topological polar surface area (TPSA) is 86.6 Å². The SMILES string of the molecule is O=C(c1cc(Cc2c[nH]c(=O)c3cc(Cl)c(Cl)n23)ccc1F)N1CCN(c2nnc(C(F)(F)F)s2)CC1. The summed E-state index contributed by atoms with van der Waals surface area (Å²) in [6.07, 6.45) is -2.89. The number of carbonyl (C=O) groups is 1. The summed E-state index contributed by atoms with van der Waals surface area (Å²) in [6, 6.07) is 5.58. The highest BCUT2D eigenvalue weighted by Gasteiger charge is 2.36. The van der Waals surface area contributed by atoms with Crippen LogP contribution in [0.15, 0.2) is 35.3 Å². The standard InChI is InChI=1S/C22H16Cl2F4N6O2S/c23-14-9-16-18(35)29-10-12(34(16)17(14)24)7-11-1-2-15(25)13(8-11)19(36)32-3-5-33(6-4-32)21-31-30-20(37-21)22(26,27)28/h1-2,8-10H,3-7H2,(H,29,35). The van der Waals surface area contributed by atoms with Crippen molar-refractivity contribution in [2.45, 2.75) is 12.6 Å². The van der Waals surface area contributed by atoms with Gasteiger partial charge in [-0.15, -0.1) is 10.2 Å². The molecule has 1 aliphatic heterocycles. The summed E-state index contributed by atoms with van der Waals surface area (Å²) in [5, 5.41) is 6.23. The maximum absolute atomic E-state index is 14.7. The quantitative estimate of drug-likeness (QED) is 0.363. The van der Waals surface area contributed by atoms with Crippen molar-refractivity contribution in [2.75, 3.05) is 31.1 Å². The van der Waals surface area contributed by atoms with E-state index < -0.39 is 22.9 Å². The molecular formula is C22H16Cl2F4N6O2S. The summed E-state index contributed by atoms with van der Waals surface area (Å²) < 4.78 is 54.6. The molecule has 0 spiro atoms. The van der Waals surface area contributed by atoms with Crippen LogP contribution in [0.2, 0.25) is 10.2 Å². The highest BCUT2D eigenvalue weighted by Crippen LogP contribution is 2.34. The number of hydrogen-bond donors (Lipinski definition) is 1. The van der Waals surface area contributed by atoms with Crippen LogP contribution in [-0.2, 0) is 12.6 Å². The lowest BCUT2D eigenvalue weighted by Crippen LogP contribution is -2.49. The molecule has 1 aliphatic rings. The van der Waals surface area contributed by atoms with Crippen LogP contribution in [0.25, 0.3) is 5.52 Å². The number of halogens is 6. The third-order valence-corrected chi connectivity index (χ3v) is 7.71. The summed E-state index contributed by atoms with van der Waals surface area (Å²) in [5.74, 6) is -1.25. The Hall–Kier alpha value is -3.16. The van der Waals surface area contributed by atoms with Crippen LogP contribution in [0.4, 0.5) is 22.7 Å². The number of benzene rings is 1. The first-order valence-electron chi connectivity index (χ1n) is 10.8. The second-order valence-electron chi connectivity index (χ2n) is 8.27. The van der Waals surface area contributed by atoms with Gasteiger partial charge in [-0.25, -0.2) is 4.39 Å². The van der Waals surface area contributed by atoms with Crippen molar-refractivity contribution in [3.8, 4) is 0 Å². The number of aromatic amines is 1. The number of fused-ring (bicyclic) bond motifs is 1. The van der Waals surface area contributed by atoms with Crippen LogP contribution in [0.3, 0.4) is 0 Å². The van der Waals surface area contributed by atoms with Crippen molar-refractivity contribution in [1.82, 2.24) is 24.5 Å². The molecule has 0 radical (unpaired) electrons. The Morgan fingerprint density at radius 3 is 2.51 bits per heavy atom. The maximum Gasteiger partial charge on any atom is 0.445 e. The van der Waals surface area contributed by atoms with E-state index in [2.05, 4.69) is 15.2 Å². The van der Waals surface area contributed by atoms with E-state index in [-0.39, 0.29) is 64.5 Å². The number of amides is 1. The van der Waals surface area contributed by atoms with Crippen LogP contribution >= 0.6 is 34.5 Å². The first-order chi connectivity index (χ1) is 17.5. The number of alkyl halides is 3. The zero-order valence-electron chi connectivity index (χ0n) is 18.7. The largest absolute Gasteiger partial charge is 0.445 e. The minimum Gasteiger partial charge on any atom is -0.343 e. The predicted octanol–water partition coefficient (Wildman–Crippen LogP) is 4.50. The van der Waals surface area contributed by atoms with E-state index in [0.29, 0.717) is 22.6 Å². The van der Waals surface area contributed by atoms with Gasteiger partial charge in [-0.1, -0.05) is 40.6 Å². The molecule has 1 aromatic carbocycles. The Balaban J connectivity index is 1.33. The fourth-order valence-electron chi connectivity index (χ4n) is 4.11. The van der Waals surface area contributed by atoms with E-state index in [1.165, 1.54) is 39.8 Å². The number of H-pyrrole nitrogens is 1. The lowest BCUT2D eigenvalue weighted by atomic mass is 10.0. The molecule has 1 amide bonds. The van der Waals surface area contributed by atoms with E-state index in [4.69, 9.17) is 23.2 Å². The van der Waals surface area contributed by atoms with Gasteiger partial charge >= 0.3 is 6.18 Å². The van der Waals surface area contributed by atoms with Gasteiger partial charge in [0.05, 0.1) is 10.6 Å². The van der Waals surface area contributed by atoms with Gasteiger partial charge in [0, 0.05) is 44.5 Å². The van der Waals surface area contributed by atoms with Gasteiger partial charge in [-0.3, -0.25) is 14.0 Å². The van der Waals surface area contributed by atoms with Gasteiger partial charge < -0.3 is 14.8 Å². The Morgan fingerprint density at radius 2 is 1.84 bits per heavy atom. The van der Waals surface area contributed by atoms with Crippen molar-refractivity contribution in [2.24, 2.45) is 0 Å². The van der Waals surface area contributed by atoms with Crippen molar-refractivity contribution < 1.29 is 22.4 Å². The van der Waals surface area contributed by atoms with Crippen molar-refractivity contribution >= 4 is 51.1 Å². The summed E-state index contributed by atoms with van der Waals surface area (Å²) in [6.45, 7) is 0.784. The molecule has 0 bridgehead atoms. The average molecular weight is 575 g/mol. The van der Waals surface area contributed by atoms with Crippen molar-refractivity contribution in [3.05, 3.63) is 78.6 Å². The molecule has 1 N–H and O–H groups in total. The van der Waals surface area contributed by atoms with Gasteiger partial charge in [0.25, 0.3) is 11.5 Å². The third kappa shape index (κ3) is 4.90. The second-order valence-corrected chi connectivity index (χ2v) is 9.99. The fourth-order valence-corrected chi connectivity index (χ4v) is 5.31. The van der Waals surface area contributed by atoms with E-state index in [0.717, 1.165) is 0 Å². The van der Waals surface area contributed by atoms with Gasteiger partial charge in [-0.05, 0) is 23.8 Å². The van der Waals surface area contributed by atoms with Crippen LogP contribution in [-0.4, -0.2) is 56.6 Å². The highest BCUT2D eigenvalue weighted by atomic mass is 35.5. The summed E-state index contributed by atoms with van der Waals surface area (Å²) in [7, 11) is 0. The van der Waals surface area contributed by atoms with Crippen molar-refractivity contribution in [1.29, 1.82) is 0 Å². The Labute approximate surface area is 220 Å². The number of nitrogens with zero attached hydrogens (tertiary/aromatic N) is 5. The number of rotatable bonds is 4. The Bertz CT molecular complexity index is 1560. The number of anilines is 1. The lowest BCUT2D eigenvalue weighted by molar-refractivity contribution is -0.138. The molecule has 1 fully saturated rings. The van der Waals surface area contributed by atoms with E-state index in [9.17, 15) is 27.2 Å². The molecule has 1 saturated heterocycles.